The first-order valence-electron chi connectivity index (χ1n) is 6.61. The molecule has 1 aliphatic carbocycles. The summed E-state index contributed by atoms with van der Waals surface area (Å²) in [6, 6.07) is 0.494. The number of nitrogens with two attached hydrogens (primary N) is 1. The number of alkyl halides is 1. The van der Waals surface area contributed by atoms with Crippen molar-refractivity contribution in [2.45, 2.75) is 56.9 Å². The van der Waals surface area contributed by atoms with Crippen LogP contribution in [0, 0.1) is 0 Å². The van der Waals surface area contributed by atoms with Crippen LogP contribution >= 0.6 is 11.6 Å². The van der Waals surface area contributed by atoms with Gasteiger partial charge in [-0.2, -0.15) is 15.0 Å². The van der Waals surface area contributed by atoms with Gasteiger partial charge in [-0.05, 0) is 19.3 Å². The molecule has 0 saturated heterocycles. The number of aromatic nitrogens is 3. The van der Waals surface area contributed by atoms with E-state index in [0.29, 0.717) is 17.8 Å². The molecule has 100 valence electrons. The lowest BCUT2D eigenvalue weighted by Crippen LogP contribution is -2.12. The van der Waals surface area contributed by atoms with E-state index in [2.05, 4.69) is 27.2 Å². The Kier molecular flexibility index (Phi) is 4.58. The van der Waals surface area contributed by atoms with E-state index in [1.807, 2.05) is 0 Å². The maximum absolute atomic E-state index is 6.30. The van der Waals surface area contributed by atoms with Gasteiger partial charge < -0.3 is 11.1 Å². The number of rotatable bonds is 7. The second-order valence-corrected chi connectivity index (χ2v) is 5.28. The number of nitrogens with zero attached hydrogens (tertiary/aromatic N) is 3. The molecule has 0 aliphatic heterocycles. The van der Waals surface area contributed by atoms with Gasteiger partial charge in [0.2, 0.25) is 11.9 Å². The predicted molar refractivity (Wildman–Crippen MR) is 73.6 cm³/mol. The van der Waals surface area contributed by atoms with Crippen LogP contribution in [0.15, 0.2) is 0 Å². The fraction of sp³-hybridized carbons (Fsp3) is 0.750. The van der Waals surface area contributed by atoms with Crippen LogP contribution in [0.2, 0.25) is 0 Å². The van der Waals surface area contributed by atoms with Crippen LogP contribution in [0.25, 0.3) is 0 Å². The summed E-state index contributed by atoms with van der Waals surface area (Å²) in [5.74, 6) is 1.38. The smallest absolute Gasteiger partial charge is 0.228 e. The summed E-state index contributed by atoms with van der Waals surface area (Å²) >= 11 is 6.30. The average Bonchev–Trinajstić information content (AvgIpc) is 3.12. The highest BCUT2D eigenvalue weighted by atomic mass is 35.5. The summed E-state index contributed by atoms with van der Waals surface area (Å²) in [4.78, 5) is 12.5. The van der Waals surface area contributed by atoms with Crippen molar-refractivity contribution in [2.75, 3.05) is 11.1 Å². The van der Waals surface area contributed by atoms with E-state index in [0.717, 1.165) is 12.8 Å². The molecule has 2 rings (SSSR count). The molecule has 1 atom stereocenters. The maximum Gasteiger partial charge on any atom is 0.228 e. The van der Waals surface area contributed by atoms with Gasteiger partial charge in [0.15, 0.2) is 5.82 Å². The number of halogens is 1. The lowest BCUT2D eigenvalue weighted by atomic mass is 10.1. The lowest BCUT2D eigenvalue weighted by molar-refractivity contribution is 0.637. The molecule has 1 aromatic heterocycles. The Bertz CT molecular complexity index is 394. The lowest BCUT2D eigenvalue weighted by Gasteiger charge is -2.10. The van der Waals surface area contributed by atoms with Gasteiger partial charge in [-0.25, -0.2) is 0 Å². The third kappa shape index (κ3) is 3.98. The van der Waals surface area contributed by atoms with E-state index >= 15 is 0 Å². The van der Waals surface area contributed by atoms with Crippen molar-refractivity contribution in [3.63, 3.8) is 0 Å². The Morgan fingerprint density at radius 2 is 2.11 bits per heavy atom. The Hall–Kier alpha value is -1.10. The monoisotopic (exact) mass is 269 g/mol. The zero-order chi connectivity index (χ0) is 13.0. The van der Waals surface area contributed by atoms with Crippen molar-refractivity contribution in [1.29, 1.82) is 0 Å². The van der Waals surface area contributed by atoms with Crippen molar-refractivity contribution < 1.29 is 0 Å². The maximum atomic E-state index is 6.30. The molecular formula is C12H20ClN5. The molecule has 3 N–H and O–H groups in total. The molecule has 5 nitrogen and oxygen atoms in total. The predicted octanol–water partition coefficient (Wildman–Crippen LogP) is 2.89. The van der Waals surface area contributed by atoms with Crippen LogP contribution in [0.3, 0.4) is 0 Å². The topological polar surface area (TPSA) is 76.7 Å². The first kappa shape index (κ1) is 13.3. The van der Waals surface area contributed by atoms with Gasteiger partial charge in [-0.15, -0.1) is 11.6 Å². The van der Waals surface area contributed by atoms with Crippen LogP contribution < -0.4 is 11.1 Å². The number of hydrogen-bond acceptors (Lipinski definition) is 5. The molecule has 1 fully saturated rings. The molecule has 1 aromatic rings. The largest absolute Gasteiger partial charge is 0.368 e. The molecule has 18 heavy (non-hydrogen) atoms. The van der Waals surface area contributed by atoms with Gasteiger partial charge in [-0.1, -0.05) is 26.2 Å². The third-order valence-electron chi connectivity index (χ3n) is 2.92. The summed E-state index contributed by atoms with van der Waals surface area (Å²) in [6.45, 7) is 2.17. The summed E-state index contributed by atoms with van der Waals surface area (Å²) < 4.78 is 0. The Labute approximate surface area is 113 Å². The van der Waals surface area contributed by atoms with Gasteiger partial charge in [0.1, 0.15) is 0 Å². The molecule has 1 heterocycles. The zero-order valence-electron chi connectivity index (χ0n) is 10.7. The molecular weight excluding hydrogens is 250 g/mol. The molecule has 0 spiro atoms. The van der Waals surface area contributed by atoms with Crippen LogP contribution in [-0.2, 0) is 0 Å². The Morgan fingerprint density at radius 1 is 1.33 bits per heavy atom. The molecule has 0 radical (unpaired) electrons. The van der Waals surface area contributed by atoms with Crippen LogP contribution in [0.4, 0.5) is 11.9 Å². The number of nitrogens with one attached hydrogen (secondary N) is 1. The number of nitrogen functional groups attached to an aromatic ring is 1. The first-order valence-corrected chi connectivity index (χ1v) is 7.04. The van der Waals surface area contributed by atoms with Crippen LogP contribution in [0.1, 0.15) is 56.7 Å². The zero-order valence-corrected chi connectivity index (χ0v) is 11.5. The van der Waals surface area contributed by atoms with Crippen LogP contribution in [-0.4, -0.2) is 21.0 Å². The summed E-state index contributed by atoms with van der Waals surface area (Å²) in [5, 5.41) is 3.04. The van der Waals surface area contributed by atoms with E-state index in [4.69, 9.17) is 17.3 Å². The van der Waals surface area contributed by atoms with Gasteiger partial charge in [0.05, 0.1) is 5.38 Å². The highest BCUT2D eigenvalue weighted by Gasteiger charge is 2.23. The van der Waals surface area contributed by atoms with Crippen LogP contribution in [0.5, 0.6) is 0 Å². The number of unbranched alkanes of at least 4 members (excludes halogenated alkanes) is 2. The van der Waals surface area contributed by atoms with Crippen molar-refractivity contribution in [2.24, 2.45) is 0 Å². The number of anilines is 2. The summed E-state index contributed by atoms with van der Waals surface area (Å²) in [5.41, 5.74) is 5.69. The third-order valence-corrected chi connectivity index (χ3v) is 3.34. The summed E-state index contributed by atoms with van der Waals surface area (Å²) in [7, 11) is 0. The second-order valence-electron chi connectivity index (χ2n) is 4.76. The SMILES string of the molecule is CCCCCC(Cl)c1nc(N)nc(NC2CC2)n1. The van der Waals surface area contributed by atoms with Crippen molar-refractivity contribution >= 4 is 23.5 Å². The highest BCUT2D eigenvalue weighted by Crippen LogP contribution is 2.27. The number of hydrogen-bond donors (Lipinski definition) is 2. The van der Waals surface area contributed by atoms with E-state index in [1.54, 1.807) is 0 Å². The van der Waals surface area contributed by atoms with Crippen molar-refractivity contribution in [3.05, 3.63) is 5.82 Å². The van der Waals surface area contributed by atoms with E-state index in [-0.39, 0.29) is 11.3 Å². The fourth-order valence-electron chi connectivity index (χ4n) is 1.73. The van der Waals surface area contributed by atoms with E-state index in [1.165, 1.54) is 25.7 Å². The molecule has 1 aliphatic rings. The molecule has 1 unspecified atom stereocenters. The van der Waals surface area contributed by atoms with Crippen molar-refractivity contribution in [1.82, 2.24) is 15.0 Å². The molecule has 6 heteroatoms. The molecule has 0 aromatic carbocycles. The first-order chi connectivity index (χ1) is 8.69. The van der Waals surface area contributed by atoms with Gasteiger partial charge in [0, 0.05) is 6.04 Å². The minimum atomic E-state index is -0.179. The fourth-order valence-corrected chi connectivity index (χ4v) is 1.98. The van der Waals surface area contributed by atoms with Gasteiger partial charge >= 0.3 is 0 Å². The second kappa shape index (κ2) is 6.18. The van der Waals surface area contributed by atoms with Crippen molar-refractivity contribution in [3.8, 4) is 0 Å². The Morgan fingerprint density at radius 3 is 2.78 bits per heavy atom. The molecule has 0 bridgehead atoms. The molecule has 1 saturated carbocycles. The van der Waals surface area contributed by atoms with E-state index < -0.39 is 0 Å². The van der Waals surface area contributed by atoms with E-state index in [9.17, 15) is 0 Å². The quantitative estimate of drug-likeness (QED) is 0.588. The minimum absolute atomic E-state index is 0.179. The molecule has 0 amide bonds. The van der Waals surface area contributed by atoms with Gasteiger partial charge in [0.25, 0.3) is 0 Å². The summed E-state index contributed by atoms with van der Waals surface area (Å²) in [6.07, 6.45) is 6.65. The highest BCUT2D eigenvalue weighted by molar-refractivity contribution is 6.20. The minimum Gasteiger partial charge on any atom is -0.368 e. The van der Waals surface area contributed by atoms with Gasteiger partial charge in [-0.3, -0.25) is 0 Å². The average molecular weight is 270 g/mol. The normalized spacial score (nSPS) is 16.6. The Balaban J connectivity index is 1.98. The standard InChI is InChI=1S/C12H20ClN5/c1-2-3-4-5-9(13)10-16-11(14)18-12(17-10)15-8-6-7-8/h8-9H,2-7H2,1H3,(H3,14,15,16,17,18).